The van der Waals surface area contributed by atoms with Crippen molar-refractivity contribution in [2.75, 3.05) is 28.4 Å². The average molecular weight is 1060 g/mol. The lowest BCUT2D eigenvalue weighted by Gasteiger charge is -2.54. The fourth-order valence-electron chi connectivity index (χ4n) is 14.4. The van der Waals surface area contributed by atoms with Gasteiger partial charge in [0, 0.05) is 31.3 Å². The number of benzene rings is 8. The van der Waals surface area contributed by atoms with E-state index in [1.54, 1.807) is 28.4 Å². The van der Waals surface area contributed by atoms with E-state index in [2.05, 4.69) is 217 Å². The first-order valence-electron chi connectivity index (χ1n) is 26.0. The van der Waals surface area contributed by atoms with E-state index in [0.29, 0.717) is 0 Å². The molecular weight excluding hydrogens is 1010 g/mol. The second-order valence-electron chi connectivity index (χ2n) is 21.8. The van der Waals surface area contributed by atoms with Crippen LogP contribution in [-0.2, 0) is 10.8 Å². The smallest absolute Gasteiger partial charge is 0.119 e. The average Bonchev–Trinajstić information content (AvgIpc) is 4.31. The van der Waals surface area contributed by atoms with Crippen molar-refractivity contribution in [3.63, 3.8) is 0 Å². The van der Waals surface area contributed by atoms with Gasteiger partial charge in [-0.25, -0.2) is 0 Å². The summed E-state index contributed by atoms with van der Waals surface area (Å²) in [4.78, 5) is 2.73. The molecule has 0 bridgehead atoms. The predicted molar refractivity (Wildman–Crippen MR) is 321 cm³/mol. The summed E-state index contributed by atoms with van der Waals surface area (Å²) in [6, 6.07) is 69.4. The van der Waals surface area contributed by atoms with Crippen LogP contribution in [0.15, 0.2) is 182 Å². The van der Waals surface area contributed by atoms with Crippen LogP contribution in [0, 0.1) is 0 Å². The Kier molecular flexibility index (Phi) is 9.61. The van der Waals surface area contributed by atoms with E-state index >= 15 is 0 Å². The van der Waals surface area contributed by atoms with E-state index in [-0.39, 0.29) is 0 Å². The minimum Gasteiger partial charge on any atom is -0.497 e. The van der Waals surface area contributed by atoms with Gasteiger partial charge in [0.2, 0.25) is 0 Å². The third-order valence-corrected chi connectivity index (χ3v) is 27.4. The number of thiophene rings is 2. The summed E-state index contributed by atoms with van der Waals surface area (Å²) in [5.74, 6) is 3.29. The van der Waals surface area contributed by atoms with Crippen molar-refractivity contribution in [1.82, 2.24) is 9.13 Å². The van der Waals surface area contributed by atoms with Gasteiger partial charge < -0.3 is 28.1 Å². The quantitative estimate of drug-likeness (QED) is 0.156. The maximum Gasteiger partial charge on any atom is 0.119 e. The molecule has 12 aromatic rings. The zero-order chi connectivity index (χ0) is 51.6. The Hall–Kier alpha value is -7.61. The van der Waals surface area contributed by atoms with Crippen LogP contribution in [-0.4, -0.2) is 53.7 Å². The van der Waals surface area contributed by atoms with Crippen molar-refractivity contribution in [2.45, 2.75) is 37.0 Å². The molecule has 4 aromatic heterocycles. The van der Waals surface area contributed by atoms with E-state index in [1.165, 1.54) is 73.9 Å². The molecule has 372 valence electrons. The molecule has 6 heterocycles. The zero-order valence-electron chi connectivity index (χ0n) is 43.7. The fraction of sp³-hybridized carbons (Fsp3) is 0.152. The zero-order valence-corrected chi connectivity index (χ0v) is 47.3. The summed E-state index contributed by atoms with van der Waals surface area (Å²) < 4.78 is 28.7. The topological polar surface area (TPSA) is 46.8 Å². The SMILES string of the molecule is COc1ccc2c(c1)c1cc(OC)ccc1n2-c1cc2c(s1)C1(c3ccccc3[Si](C)(C)c3ccccc31)c1cc(-n3c4ccc(OC)cc4c4cc(OC)ccc43)sc1C21c2ccccc2[Si](C)(C)c2ccccc21. The monoisotopic (exact) mass is 1060 g/mol. The molecule has 0 N–H and O–H groups in total. The van der Waals surface area contributed by atoms with Gasteiger partial charge in [0.05, 0.1) is 61.3 Å². The van der Waals surface area contributed by atoms with Crippen LogP contribution in [0.4, 0.5) is 0 Å². The molecule has 0 saturated heterocycles. The number of methoxy groups -OCH3 is 4. The molecule has 6 nitrogen and oxygen atoms in total. The Labute approximate surface area is 452 Å². The largest absolute Gasteiger partial charge is 0.497 e. The van der Waals surface area contributed by atoms with Crippen LogP contribution in [0.1, 0.15) is 43.1 Å². The van der Waals surface area contributed by atoms with E-state index < -0.39 is 27.0 Å². The minimum atomic E-state index is -2.29. The normalized spacial score (nSPS) is 15.8. The van der Waals surface area contributed by atoms with Gasteiger partial charge >= 0.3 is 0 Å². The van der Waals surface area contributed by atoms with Crippen molar-refractivity contribution in [1.29, 1.82) is 0 Å². The third kappa shape index (κ3) is 5.64. The molecule has 10 heteroatoms. The maximum atomic E-state index is 5.91. The Morgan fingerprint density at radius 2 is 0.592 bits per heavy atom. The molecule has 2 spiro atoms. The second kappa shape index (κ2) is 16.0. The number of rotatable bonds is 6. The molecule has 1 aliphatic carbocycles. The molecule has 0 unspecified atom stereocenters. The Morgan fingerprint density at radius 3 is 0.855 bits per heavy atom. The standard InChI is InChI=1S/C66H54N2O4S2Si2/c1-69-39-25-29-53-43(33-39)44-34-40(70-2)26-30-54(44)67(53)61-37-51-63(73-61)66(49-19-11-15-23-59(49)76(7,8)60-24-16-12-20-50(60)66)52-38-62(68-55-31-27-41(71-3)35-45(55)46-36-42(72-4)28-32-56(46)68)74-64(52)65(51)47-17-9-13-21-57(47)75(5,6)58-22-14-10-18-48(58)65/h9-38H,1-8H3. The highest BCUT2D eigenvalue weighted by molar-refractivity contribution is 7.16. The van der Waals surface area contributed by atoms with E-state index in [9.17, 15) is 0 Å². The van der Waals surface area contributed by atoms with E-state index in [1.807, 2.05) is 22.7 Å². The molecule has 0 saturated carbocycles. The fourth-order valence-corrected chi connectivity index (χ4v) is 23.7. The highest BCUT2D eigenvalue weighted by Crippen LogP contribution is 2.66. The van der Waals surface area contributed by atoms with Crippen LogP contribution in [0.5, 0.6) is 23.0 Å². The number of fused-ring (bicyclic) bond motifs is 20. The molecule has 0 atom stereocenters. The van der Waals surface area contributed by atoms with E-state index in [0.717, 1.165) is 66.6 Å². The molecule has 15 rings (SSSR count). The summed E-state index contributed by atoms with van der Waals surface area (Å²) >= 11 is 3.95. The van der Waals surface area contributed by atoms with Gasteiger partial charge in [-0.1, -0.05) is 123 Å². The van der Waals surface area contributed by atoms with Gasteiger partial charge in [-0.15, -0.1) is 22.7 Å². The second-order valence-corrected chi connectivity index (χ2v) is 32.5. The lowest BCUT2D eigenvalue weighted by Crippen LogP contribution is -2.66. The summed E-state index contributed by atoms with van der Waals surface area (Å²) in [5, 5.41) is 12.8. The summed E-state index contributed by atoms with van der Waals surface area (Å²) in [6.07, 6.45) is 0. The number of hydrogen-bond donors (Lipinski definition) is 0. The van der Waals surface area contributed by atoms with Crippen molar-refractivity contribution in [3.8, 4) is 33.0 Å². The van der Waals surface area contributed by atoms with Crippen LogP contribution in [0.3, 0.4) is 0 Å². The molecule has 2 aliphatic heterocycles. The Bertz CT molecular complexity index is 3910. The van der Waals surface area contributed by atoms with Crippen LogP contribution < -0.4 is 39.7 Å². The Morgan fingerprint density at radius 1 is 0.329 bits per heavy atom. The maximum absolute atomic E-state index is 5.91. The first-order valence-corrected chi connectivity index (χ1v) is 33.7. The molecule has 76 heavy (non-hydrogen) atoms. The molecule has 3 aliphatic rings. The molecule has 8 aromatic carbocycles. The third-order valence-electron chi connectivity index (χ3n) is 17.7. The minimum absolute atomic E-state index is 0.700. The molecule has 0 amide bonds. The number of ether oxygens (including phenoxy) is 4. The number of aromatic nitrogens is 2. The summed E-state index contributed by atoms with van der Waals surface area (Å²) in [6.45, 7) is 10.2. The highest BCUT2D eigenvalue weighted by Gasteiger charge is 2.62. The molecule has 0 fully saturated rings. The van der Waals surface area contributed by atoms with E-state index in [4.69, 9.17) is 18.9 Å². The lowest BCUT2D eigenvalue weighted by atomic mass is 9.55. The van der Waals surface area contributed by atoms with Crippen molar-refractivity contribution >= 4 is 103 Å². The first kappa shape index (κ1) is 45.8. The first-order chi connectivity index (χ1) is 37.0. The number of hydrogen-bond acceptors (Lipinski definition) is 6. The van der Waals surface area contributed by atoms with Crippen molar-refractivity contribution in [2.24, 2.45) is 0 Å². The van der Waals surface area contributed by atoms with Gasteiger partial charge in [-0.05, 0) is 139 Å². The number of nitrogens with zero attached hydrogens (tertiary/aromatic N) is 2. The van der Waals surface area contributed by atoms with Gasteiger partial charge in [-0.2, -0.15) is 0 Å². The highest BCUT2D eigenvalue weighted by atomic mass is 32.1. The lowest BCUT2D eigenvalue weighted by molar-refractivity contribution is 0.415. The molecule has 0 radical (unpaired) electrons. The van der Waals surface area contributed by atoms with Gasteiger partial charge in [0.1, 0.15) is 49.1 Å². The predicted octanol–water partition coefficient (Wildman–Crippen LogP) is 13.4. The van der Waals surface area contributed by atoms with Crippen LogP contribution in [0.2, 0.25) is 26.2 Å². The van der Waals surface area contributed by atoms with Gasteiger partial charge in [0.15, 0.2) is 0 Å². The van der Waals surface area contributed by atoms with Gasteiger partial charge in [0.25, 0.3) is 0 Å². The van der Waals surface area contributed by atoms with Gasteiger partial charge in [-0.3, -0.25) is 0 Å². The summed E-state index contributed by atoms with van der Waals surface area (Å²) in [7, 11) is 2.43. The van der Waals surface area contributed by atoms with Crippen molar-refractivity contribution in [3.05, 3.63) is 225 Å². The summed E-state index contributed by atoms with van der Waals surface area (Å²) in [5.41, 5.74) is 11.3. The Balaban J connectivity index is 1.17. The van der Waals surface area contributed by atoms with Crippen LogP contribution in [0.25, 0.3) is 53.6 Å². The van der Waals surface area contributed by atoms with Crippen molar-refractivity contribution < 1.29 is 18.9 Å². The molecular formula is C66H54N2O4S2Si2. The van der Waals surface area contributed by atoms with Crippen LogP contribution >= 0.6 is 22.7 Å².